The van der Waals surface area contributed by atoms with Gasteiger partial charge in [-0.1, -0.05) is 17.7 Å². The highest BCUT2D eigenvalue weighted by atomic mass is 16.2. The first-order chi connectivity index (χ1) is 6.92. The molecule has 2 heteroatoms. The number of benzene rings is 1. The number of fused-ring (bicyclic) bond motifs is 1. The Morgan fingerprint density at radius 2 is 2.00 bits per heavy atom. The zero-order chi connectivity index (χ0) is 11.2. The molecule has 1 aliphatic rings. The van der Waals surface area contributed by atoms with Gasteiger partial charge in [-0.15, -0.1) is 0 Å². The molecule has 2 rings (SSSR count). The number of rotatable bonds is 0. The standard InChI is InChI=1S/C13H17NO/c1-9-5-6-10-8-13(2,3)14(4)12(15)11(10)7-9/h5-7H,8H2,1-4H3. The summed E-state index contributed by atoms with van der Waals surface area (Å²) in [4.78, 5) is 14.0. The number of amides is 1. The lowest BCUT2D eigenvalue weighted by Crippen LogP contribution is -2.50. The van der Waals surface area contributed by atoms with Crippen LogP contribution in [0.25, 0.3) is 0 Å². The van der Waals surface area contributed by atoms with Gasteiger partial charge in [-0.2, -0.15) is 0 Å². The van der Waals surface area contributed by atoms with Gasteiger partial charge >= 0.3 is 0 Å². The zero-order valence-corrected chi connectivity index (χ0v) is 9.79. The molecule has 1 aromatic rings. The molecule has 0 fully saturated rings. The summed E-state index contributed by atoms with van der Waals surface area (Å²) in [6.07, 6.45) is 0.935. The highest BCUT2D eigenvalue weighted by molar-refractivity contribution is 5.97. The maximum Gasteiger partial charge on any atom is 0.254 e. The van der Waals surface area contributed by atoms with Crippen LogP contribution in [-0.4, -0.2) is 23.4 Å². The van der Waals surface area contributed by atoms with E-state index >= 15 is 0 Å². The van der Waals surface area contributed by atoms with Gasteiger partial charge in [0.2, 0.25) is 0 Å². The van der Waals surface area contributed by atoms with Crippen LogP contribution in [0, 0.1) is 6.92 Å². The van der Waals surface area contributed by atoms with Crippen molar-refractivity contribution in [2.24, 2.45) is 0 Å². The van der Waals surface area contributed by atoms with Crippen LogP contribution in [0.5, 0.6) is 0 Å². The zero-order valence-electron chi connectivity index (χ0n) is 9.79. The fourth-order valence-corrected chi connectivity index (χ4v) is 2.08. The van der Waals surface area contributed by atoms with E-state index in [2.05, 4.69) is 26.0 Å². The van der Waals surface area contributed by atoms with Gasteiger partial charge in [0.25, 0.3) is 5.91 Å². The summed E-state index contributed by atoms with van der Waals surface area (Å²) in [6, 6.07) is 6.15. The van der Waals surface area contributed by atoms with Gasteiger partial charge < -0.3 is 4.90 Å². The van der Waals surface area contributed by atoms with Crippen LogP contribution in [0.3, 0.4) is 0 Å². The molecule has 1 aromatic carbocycles. The van der Waals surface area contributed by atoms with E-state index < -0.39 is 0 Å². The number of hydrogen-bond acceptors (Lipinski definition) is 1. The average Bonchev–Trinajstić information content (AvgIpc) is 2.16. The Labute approximate surface area is 90.9 Å². The summed E-state index contributed by atoms with van der Waals surface area (Å²) in [7, 11) is 1.88. The molecule has 1 aliphatic heterocycles. The Morgan fingerprint density at radius 3 is 2.67 bits per heavy atom. The van der Waals surface area contributed by atoms with Crippen molar-refractivity contribution in [3.63, 3.8) is 0 Å². The number of likely N-dealkylation sites (N-methyl/N-ethyl adjacent to an activating group) is 1. The molecule has 1 amide bonds. The second-order valence-electron chi connectivity index (χ2n) is 5.01. The second-order valence-corrected chi connectivity index (χ2v) is 5.01. The molecule has 15 heavy (non-hydrogen) atoms. The lowest BCUT2D eigenvalue weighted by atomic mass is 9.85. The maximum atomic E-state index is 12.1. The topological polar surface area (TPSA) is 20.3 Å². The third kappa shape index (κ3) is 1.54. The van der Waals surface area contributed by atoms with E-state index in [9.17, 15) is 4.79 Å². The first kappa shape index (κ1) is 10.2. The molecular formula is C13H17NO. The van der Waals surface area contributed by atoms with E-state index in [0.29, 0.717) is 0 Å². The highest BCUT2D eigenvalue weighted by Crippen LogP contribution is 2.29. The molecule has 0 spiro atoms. The third-order valence-corrected chi connectivity index (χ3v) is 3.33. The molecule has 80 valence electrons. The highest BCUT2D eigenvalue weighted by Gasteiger charge is 2.35. The smallest absolute Gasteiger partial charge is 0.254 e. The van der Waals surface area contributed by atoms with E-state index in [0.717, 1.165) is 17.5 Å². The Balaban J connectivity index is 2.55. The minimum absolute atomic E-state index is 0.0701. The first-order valence-corrected chi connectivity index (χ1v) is 5.29. The molecule has 0 radical (unpaired) electrons. The predicted molar refractivity (Wildman–Crippen MR) is 61.1 cm³/mol. The van der Waals surface area contributed by atoms with Crippen molar-refractivity contribution in [3.8, 4) is 0 Å². The molecule has 0 aromatic heterocycles. The summed E-state index contributed by atoms with van der Waals surface area (Å²) in [5, 5.41) is 0. The van der Waals surface area contributed by atoms with Crippen LogP contribution < -0.4 is 0 Å². The van der Waals surface area contributed by atoms with Crippen LogP contribution in [-0.2, 0) is 6.42 Å². The molecule has 0 saturated heterocycles. The van der Waals surface area contributed by atoms with E-state index in [1.807, 2.05) is 24.9 Å². The first-order valence-electron chi connectivity index (χ1n) is 5.29. The van der Waals surface area contributed by atoms with E-state index in [1.54, 1.807) is 0 Å². The summed E-state index contributed by atoms with van der Waals surface area (Å²) < 4.78 is 0. The molecule has 1 heterocycles. The number of carbonyl (C=O) groups excluding carboxylic acids is 1. The predicted octanol–water partition coefficient (Wildman–Crippen LogP) is 2.40. The van der Waals surface area contributed by atoms with Crippen molar-refractivity contribution >= 4 is 5.91 Å². The monoisotopic (exact) mass is 203 g/mol. The van der Waals surface area contributed by atoms with Crippen LogP contribution in [0.2, 0.25) is 0 Å². The summed E-state index contributed by atoms with van der Waals surface area (Å²) >= 11 is 0. The van der Waals surface area contributed by atoms with Crippen LogP contribution >= 0.6 is 0 Å². The lowest BCUT2D eigenvalue weighted by molar-refractivity contribution is 0.0591. The fraction of sp³-hybridized carbons (Fsp3) is 0.462. The van der Waals surface area contributed by atoms with Crippen molar-refractivity contribution in [1.82, 2.24) is 4.90 Å². The Hall–Kier alpha value is -1.31. The maximum absolute atomic E-state index is 12.1. The minimum atomic E-state index is -0.0701. The summed E-state index contributed by atoms with van der Waals surface area (Å²) in [5.41, 5.74) is 3.13. The molecular weight excluding hydrogens is 186 g/mol. The summed E-state index contributed by atoms with van der Waals surface area (Å²) in [5.74, 6) is 0.143. The quantitative estimate of drug-likeness (QED) is 0.634. The Bertz CT molecular complexity index is 421. The number of hydrogen-bond donors (Lipinski definition) is 0. The molecule has 0 N–H and O–H groups in total. The van der Waals surface area contributed by atoms with Gasteiger partial charge in [0, 0.05) is 18.2 Å². The molecule has 0 aliphatic carbocycles. The number of aryl methyl sites for hydroxylation is 1. The van der Waals surface area contributed by atoms with E-state index in [1.165, 1.54) is 5.56 Å². The molecule has 2 nitrogen and oxygen atoms in total. The van der Waals surface area contributed by atoms with Gasteiger partial charge in [0.05, 0.1) is 0 Å². The van der Waals surface area contributed by atoms with Crippen molar-refractivity contribution in [2.75, 3.05) is 7.05 Å². The minimum Gasteiger partial charge on any atom is -0.336 e. The molecule has 0 bridgehead atoms. The van der Waals surface area contributed by atoms with E-state index in [4.69, 9.17) is 0 Å². The largest absolute Gasteiger partial charge is 0.336 e. The van der Waals surface area contributed by atoms with Crippen LogP contribution in [0.1, 0.15) is 35.3 Å². The normalized spacial score (nSPS) is 18.9. The van der Waals surface area contributed by atoms with Gasteiger partial charge in [-0.25, -0.2) is 0 Å². The number of nitrogens with zero attached hydrogens (tertiary/aromatic N) is 1. The summed E-state index contributed by atoms with van der Waals surface area (Å²) in [6.45, 7) is 6.23. The van der Waals surface area contributed by atoms with Gasteiger partial charge in [0.1, 0.15) is 0 Å². The van der Waals surface area contributed by atoms with Crippen molar-refractivity contribution in [1.29, 1.82) is 0 Å². The second kappa shape index (κ2) is 3.09. The Morgan fingerprint density at radius 1 is 1.33 bits per heavy atom. The fourth-order valence-electron chi connectivity index (χ4n) is 2.08. The van der Waals surface area contributed by atoms with Gasteiger partial charge in [-0.05, 0) is 38.8 Å². The SMILES string of the molecule is Cc1ccc2c(c1)C(=O)N(C)C(C)(C)C2. The molecule has 0 saturated carbocycles. The third-order valence-electron chi connectivity index (χ3n) is 3.33. The van der Waals surface area contributed by atoms with Crippen molar-refractivity contribution in [3.05, 3.63) is 34.9 Å². The molecule has 0 atom stereocenters. The van der Waals surface area contributed by atoms with Gasteiger partial charge in [-0.3, -0.25) is 4.79 Å². The van der Waals surface area contributed by atoms with Crippen molar-refractivity contribution < 1.29 is 4.79 Å². The van der Waals surface area contributed by atoms with Crippen LogP contribution in [0.4, 0.5) is 0 Å². The number of carbonyl (C=O) groups is 1. The van der Waals surface area contributed by atoms with Gasteiger partial charge in [0.15, 0.2) is 0 Å². The lowest BCUT2D eigenvalue weighted by Gasteiger charge is -2.40. The molecule has 0 unspecified atom stereocenters. The van der Waals surface area contributed by atoms with Crippen molar-refractivity contribution in [2.45, 2.75) is 32.7 Å². The Kier molecular flexibility index (Phi) is 2.10. The average molecular weight is 203 g/mol. The van der Waals surface area contributed by atoms with Crippen LogP contribution in [0.15, 0.2) is 18.2 Å². The van der Waals surface area contributed by atoms with E-state index in [-0.39, 0.29) is 11.4 Å².